The molecule has 0 bridgehead atoms. The first-order valence-corrected chi connectivity index (χ1v) is 7.37. The molecule has 5 heteroatoms. The van der Waals surface area contributed by atoms with Gasteiger partial charge in [0, 0.05) is 36.3 Å². The summed E-state index contributed by atoms with van der Waals surface area (Å²) in [4.78, 5) is 0. The quantitative estimate of drug-likeness (QED) is 0.720. The van der Waals surface area contributed by atoms with Gasteiger partial charge in [-0.1, -0.05) is 0 Å². The third-order valence-electron chi connectivity index (χ3n) is 2.95. The zero-order chi connectivity index (χ0) is 12.0. The summed E-state index contributed by atoms with van der Waals surface area (Å²) in [5.74, 6) is 0.667. The lowest BCUT2D eigenvalue weighted by Crippen LogP contribution is -2.29. The second-order valence-electron chi connectivity index (χ2n) is 4.09. The maximum Gasteiger partial charge on any atom is 0.0705 e. The summed E-state index contributed by atoms with van der Waals surface area (Å²) in [6.07, 6.45) is 1.87. The number of nitrogens with two attached hydrogens (primary N) is 1. The predicted molar refractivity (Wildman–Crippen MR) is 65.9 cm³/mol. The Morgan fingerprint density at radius 2 is 2.38 bits per heavy atom. The minimum Gasteiger partial charge on any atom is -0.377 e. The molecule has 0 aromatic heterocycles. The first-order valence-electron chi connectivity index (χ1n) is 5.99. The zero-order valence-corrected chi connectivity index (χ0v) is 11.0. The van der Waals surface area contributed by atoms with Gasteiger partial charge in [0.1, 0.15) is 0 Å². The lowest BCUT2D eigenvalue weighted by molar-refractivity contribution is 0.0671. The molecule has 1 saturated heterocycles. The SMILES string of the molecule is CCOC(CN)CCS(=O)C1CCOC1C. The molecule has 4 unspecified atom stereocenters. The average molecular weight is 249 g/mol. The second kappa shape index (κ2) is 7.37. The van der Waals surface area contributed by atoms with Crippen LogP contribution in [0.1, 0.15) is 26.7 Å². The van der Waals surface area contributed by atoms with Crippen LogP contribution in [-0.4, -0.2) is 47.2 Å². The maximum atomic E-state index is 12.0. The van der Waals surface area contributed by atoms with Crippen molar-refractivity contribution in [3.8, 4) is 0 Å². The highest BCUT2D eigenvalue weighted by Crippen LogP contribution is 2.19. The van der Waals surface area contributed by atoms with Crippen molar-refractivity contribution in [1.29, 1.82) is 0 Å². The normalized spacial score (nSPS) is 29.2. The highest BCUT2D eigenvalue weighted by molar-refractivity contribution is 7.85. The van der Waals surface area contributed by atoms with Crippen molar-refractivity contribution in [2.24, 2.45) is 5.73 Å². The van der Waals surface area contributed by atoms with Crippen LogP contribution in [0.2, 0.25) is 0 Å². The van der Waals surface area contributed by atoms with Gasteiger partial charge in [0.05, 0.1) is 17.5 Å². The molecule has 16 heavy (non-hydrogen) atoms. The molecule has 0 aromatic carbocycles. The van der Waals surface area contributed by atoms with Crippen molar-refractivity contribution in [2.45, 2.75) is 44.1 Å². The summed E-state index contributed by atoms with van der Waals surface area (Å²) in [6, 6.07) is 0. The van der Waals surface area contributed by atoms with Gasteiger partial charge in [-0.3, -0.25) is 4.21 Å². The minimum absolute atomic E-state index is 0.0478. The van der Waals surface area contributed by atoms with Crippen LogP contribution < -0.4 is 5.73 Å². The van der Waals surface area contributed by atoms with Gasteiger partial charge in [0.25, 0.3) is 0 Å². The van der Waals surface area contributed by atoms with Crippen LogP contribution in [0.5, 0.6) is 0 Å². The van der Waals surface area contributed by atoms with Gasteiger partial charge >= 0.3 is 0 Å². The van der Waals surface area contributed by atoms with Crippen LogP contribution in [0, 0.1) is 0 Å². The van der Waals surface area contributed by atoms with Gasteiger partial charge in [0.15, 0.2) is 0 Å². The Balaban J connectivity index is 2.28. The Labute approximate surface area is 100 Å². The van der Waals surface area contributed by atoms with Crippen LogP contribution in [0.4, 0.5) is 0 Å². The highest BCUT2D eigenvalue weighted by Gasteiger charge is 2.29. The molecule has 4 nitrogen and oxygen atoms in total. The lowest BCUT2D eigenvalue weighted by Gasteiger charge is -2.17. The third kappa shape index (κ3) is 4.13. The molecule has 0 saturated carbocycles. The molecule has 0 amide bonds. The maximum absolute atomic E-state index is 12.0. The van der Waals surface area contributed by atoms with Gasteiger partial charge in [-0.05, 0) is 26.7 Å². The van der Waals surface area contributed by atoms with E-state index in [-0.39, 0.29) is 17.5 Å². The first-order chi connectivity index (χ1) is 7.69. The molecule has 0 aromatic rings. The van der Waals surface area contributed by atoms with Crippen molar-refractivity contribution in [3.63, 3.8) is 0 Å². The van der Waals surface area contributed by atoms with E-state index in [1.54, 1.807) is 0 Å². The van der Waals surface area contributed by atoms with Crippen molar-refractivity contribution in [2.75, 3.05) is 25.5 Å². The lowest BCUT2D eigenvalue weighted by atomic mass is 10.2. The second-order valence-corrected chi connectivity index (χ2v) is 5.86. The molecular formula is C11H23NO3S. The van der Waals surface area contributed by atoms with Gasteiger partial charge in [-0.15, -0.1) is 0 Å². The van der Waals surface area contributed by atoms with Gasteiger partial charge in [0.2, 0.25) is 0 Å². The van der Waals surface area contributed by atoms with Crippen LogP contribution in [-0.2, 0) is 20.3 Å². The largest absolute Gasteiger partial charge is 0.377 e. The Morgan fingerprint density at radius 3 is 2.88 bits per heavy atom. The van der Waals surface area contributed by atoms with Crippen molar-refractivity contribution in [3.05, 3.63) is 0 Å². The molecule has 0 spiro atoms. The smallest absolute Gasteiger partial charge is 0.0705 e. The van der Waals surface area contributed by atoms with E-state index >= 15 is 0 Å². The van der Waals surface area contributed by atoms with E-state index in [4.69, 9.17) is 15.2 Å². The molecule has 0 aliphatic carbocycles. The van der Waals surface area contributed by atoms with Crippen LogP contribution in [0.15, 0.2) is 0 Å². The van der Waals surface area contributed by atoms with Gasteiger partial charge < -0.3 is 15.2 Å². The molecule has 4 atom stereocenters. The Kier molecular flexibility index (Phi) is 6.49. The van der Waals surface area contributed by atoms with Crippen molar-refractivity contribution in [1.82, 2.24) is 0 Å². The molecular weight excluding hydrogens is 226 g/mol. The summed E-state index contributed by atoms with van der Waals surface area (Å²) < 4.78 is 22.9. The summed E-state index contributed by atoms with van der Waals surface area (Å²) >= 11 is 0. The molecule has 1 fully saturated rings. The van der Waals surface area contributed by atoms with Crippen molar-refractivity contribution < 1.29 is 13.7 Å². The highest BCUT2D eigenvalue weighted by atomic mass is 32.2. The standard InChI is InChI=1S/C11H23NO3S/c1-3-14-10(8-12)5-7-16(13)11-4-6-15-9(11)2/h9-11H,3-8,12H2,1-2H3. The number of hydrogen-bond donors (Lipinski definition) is 1. The Hall–Kier alpha value is 0.0300. The van der Waals surface area contributed by atoms with E-state index in [9.17, 15) is 4.21 Å². The van der Waals surface area contributed by atoms with Crippen LogP contribution in [0.3, 0.4) is 0 Å². The van der Waals surface area contributed by atoms with E-state index in [0.717, 1.165) is 19.4 Å². The van der Waals surface area contributed by atoms with Gasteiger partial charge in [-0.2, -0.15) is 0 Å². The predicted octanol–water partition coefficient (Wildman–Crippen LogP) is 0.666. The molecule has 1 aliphatic rings. The van der Waals surface area contributed by atoms with E-state index < -0.39 is 10.8 Å². The summed E-state index contributed by atoms with van der Waals surface area (Å²) in [5, 5.41) is 0.194. The number of rotatable bonds is 7. The fourth-order valence-corrected chi connectivity index (χ4v) is 3.62. The third-order valence-corrected chi connectivity index (χ3v) is 4.88. The Bertz CT molecular complexity index is 225. The summed E-state index contributed by atoms with van der Waals surface area (Å²) in [7, 11) is -0.812. The van der Waals surface area contributed by atoms with E-state index in [0.29, 0.717) is 18.9 Å². The van der Waals surface area contributed by atoms with Crippen molar-refractivity contribution >= 4 is 10.8 Å². The molecule has 96 valence electrons. The number of ether oxygens (including phenoxy) is 2. The summed E-state index contributed by atoms with van der Waals surface area (Å²) in [6.45, 7) is 5.85. The topological polar surface area (TPSA) is 61.5 Å². The fourth-order valence-electron chi connectivity index (χ4n) is 1.96. The summed E-state index contributed by atoms with van der Waals surface area (Å²) in [5.41, 5.74) is 5.58. The van der Waals surface area contributed by atoms with Gasteiger partial charge in [-0.25, -0.2) is 0 Å². The zero-order valence-electron chi connectivity index (χ0n) is 10.2. The Morgan fingerprint density at radius 1 is 1.62 bits per heavy atom. The number of hydrogen-bond acceptors (Lipinski definition) is 4. The molecule has 2 N–H and O–H groups in total. The average Bonchev–Trinajstić information content (AvgIpc) is 2.70. The van der Waals surface area contributed by atoms with Crippen LogP contribution >= 0.6 is 0 Å². The molecule has 0 radical (unpaired) electrons. The van der Waals surface area contributed by atoms with E-state index in [2.05, 4.69) is 0 Å². The van der Waals surface area contributed by atoms with E-state index in [1.165, 1.54) is 0 Å². The minimum atomic E-state index is -0.812. The van der Waals surface area contributed by atoms with E-state index in [1.807, 2.05) is 13.8 Å². The first kappa shape index (κ1) is 14.1. The molecule has 1 heterocycles. The monoisotopic (exact) mass is 249 g/mol. The molecule has 1 aliphatic heterocycles. The molecule has 1 rings (SSSR count). The fraction of sp³-hybridized carbons (Fsp3) is 1.00. The van der Waals surface area contributed by atoms with Crippen LogP contribution in [0.25, 0.3) is 0 Å².